The summed E-state index contributed by atoms with van der Waals surface area (Å²) < 4.78 is 0. The van der Waals surface area contributed by atoms with Crippen molar-refractivity contribution in [3.8, 4) is 0 Å². The molecular formula is C9H19N3O2. The molecule has 1 aliphatic rings. The maximum Gasteiger partial charge on any atom is 0.153 e. The Morgan fingerprint density at radius 1 is 1.64 bits per heavy atom. The van der Waals surface area contributed by atoms with Crippen LogP contribution >= 0.6 is 0 Å². The molecule has 0 radical (unpaired) electrons. The molecule has 0 aliphatic carbocycles. The Bertz CT molecular complexity index is 208. The number of piperidine rings is 1. The first-order valence-corrected chi connectivity index (χ1v) is 5.04. The average Bonchev–Trinajstić information content (AvgIpc) is 2.20. The lowest BCUT2D eigenvalue weighted by Gasteiger charge is -2.35. The molecule has 0 spiro atoms. The highest BCUT2D eigenvalue weighted by Gasteiger charge is 2.26. The standard InChI is InChI=1S/C9H19N3O2/c1-2-7-5-12(4-3-8(7)13)6-9(10)11-14/h7-8,13-14H,2-6H2,1H3,(H2,10,11)/t7-,8+/m1/s1. The van der Waals surface area contributed by atoms with Crippen LogP contribution < -0.4 is 5.73 Å². The van der Waals surface area contributed by atoms with Crippen LogP contribution in [0, 0.1) is 5.92 Å². The summed E-state index contributed by atoms with van der Waals surface area (Å²) in [7, 11) is 0. The molecule has 0 bridgehead atoms. The monoisotopic (exact) mass is 201 g/mol. The van der Waals surface area contributed by atoms with Gasteiger partial charge in [-0.3, -0.25) is 4.90 Å². The van der Waals surface area contributed by atoms with Crippen LogP contribution in [-0.4, -0.2) is 46.8 Å². The summed E-state index contributed by atoms with van der Waals surface area (Å²) >= 11 is 0. The van der Waals surface area contributed by atoms with Gasteiger partial charge in [-0.1, -0.05) is 12.1 Å². The highest BCUT2D eigenvalue weighted by molar-refractivity contribution is 5.81. The lowest BCUT2D eigenvalue weighted by molar-refractivity contribution is 0.0306. The van der Waals surface area contributed by atoms with Crippen LogP contribution in [0.5, 0.6) is 0 Å². The fourth-order valence-corrected chi connectivity index (χ4v) is 1.90. The predicted molar refractivity (Wildman–Crippen MR) is 54.3 cm³/mol. The Labute approximate surface area is 84.2 Å². The molecule has 2 atom stereocenters. The van der Waals surface area contributed by atoms with Gasteiger partial charge in [0.15, 0.2) is 5.84 Å². The molecule has 1 heterocycles. The number of likely N-dealkylation sites (tertiary alicyclic amines) is 1. The van der Waals surface area contributed by atoms with Crippen molar-refractivity contribution in [2.75, 3.05) is 19.6 Å². The second-order valence-corrected chi connectivity index (χ2v) is 3.85. The van der Waals surface area contributed by atoms with E-state index in [4.69, 9.17) is 10.9 Å². The fourth-order valence-electron chi connectivity index (χ4n) is 1.90. The van der Waals surface area contributed by atoms with Gasteiger partial charge in [0.25, 0.3) is 0 Å². The molecular weight excluding hydrogens is 182 g/mol. The quantitative estimate of drug-likeness (QED) is 0.256. The summed E-state index contributed by atoms with van der Waals surface area (Å²) in [6, 6.07) is 0. The van der Waals surface area contributed by atoms with Gasteiger partial charge >= 0.3 is 0 Å². The number of amidine groups is 1. The number of aliphatic hydroxyl groups is 1. The second-order valence-electron chi connectivity index (χ2n) is 3.85. The number of rotatable bonds is 3. The van der Waals surface area contributed by atoms with E-state index in [9.17, 15) is 5.11 Å². The first kappa shape index (κ1) is 11.3. The third-order valence-electron chi connectivity index (χ3n) is 2.82. The van der Waals surface area contributed by atoms with Crippen molar-refractivity contribution in [1.29, 1.82) is 0 Å². The Kier molecular flexibility index (Phi) is 4.16. The number of nitrogens with zero attached hydrogens (tertiary/aromatic N) is 2. The van der Waals surface area contributed by atoms with Gasteiger partial charge in [0.05, 0.1) is 12.6 Å². The SMILES string of the molecule is CC[C@@H]1CN(CC(N)=NO)CC[C@@H]1O. The van der Waals surface area contributed by atoms with Gasteiger partial charge in [-0.2, -0.15) is 0 Å². The van der Waals surface area contributed by atoms with E-state index in [-0.39, 0.29) is 11.9 Å². The summed E-state index contributed by atoms with van der Waals surface area (Å²) in [4.78, 5) is 2.11. The van der Waals surface area contributed by atoms with Gasteiger partial charge < -0.3 is 16.0 Å². The summed E-state index contributed by atoms with van der Waals surface area (Å²) in [6.07, 6.45) is 1.55. The smallest absolute Gasteiger partial charge is 0.153 e. The van der Waals surface area contributed by atoms with E-state index < -0.39 is 0 Å². The number of oxime groups is 1. The molecule has 1 rings (SSSR count). The summed E-state index contributed by atoms with van der Waals surface area (Å²) in [5, 5.41) is 21.0. The van der Waals surface area contributed by atoms with Crippen LogP contribution in [-0.2, 0) is 0 Å². The van der Waals surface area contributed by atoms with E-state index in [1.165, 1.54) is 0 Å². The summed E-state index contributed by atoms with van der Waals surface area (Å²) in [5.41, 5.74) is 5.42. The van der Waals surface area contributed by atoms with E-state index >= 15 is 0 Å². The molecule has 0 amide bonds. The molecule has 0 unspecified atom stereocenters. The zero-order valence-electron chi connectivity index (χ0n) is 8.56. The highest BCUT2D eigenvalue weighted by Crippen LogP contribution is 2.19. The zero-order chi connectivity index (χ0) is 10.6. The topological polar surface area (TPSA) is 82.1 Å². The third kappa shape index (κ3) is 2.85. The fraction of sp³-hybridized carbons (Fsp3) is 0.889. The van der Waals surface area contributed by atoms with Crippen molar-refractivity contribution in [1.82, 2.24) is 4.90 Å². The summed E-state index contributed by atoms with van der Waals surface area (Å²) in [5.74, 6) is 0.548. The Morgan fingerprint density at radius 3 is 2.93 bits per heavy atom. The van der Waals surface area contributed by atoms with Crippen LogP contribution in [0.3, 0.4) is 0 Å². The van der Waals surface area contributed by atoms with Gasteiger partial charge in [0.2, 0.25) is 0 Å². The van der Waals surface area contributed by atoms with E-state index in [0.717, 1.165) is 25.9 Å². The lowest BCUT2D eigenvalue weighted by Crippen LogP contribution is -2.46. The largest absolute Gasteiger partial charge is 0.409 e. The molecule has 4 N–H and O–H groups in total. The third-order valence-corrected chi connectivity index (χ3v) is 2.82. The number of nitrogens with two attached hydrogens (primary N) is 1. The van der Waals surface area contributed by atoms with Crippen molar-refractivity contribution in [3.05, 3.63) is 0 Å². The minimum atomic E-state index is -0.191. The van der Waals surface area contributed by atoms with Gasteiger partial charge in [-0.25, -0.2) is 0 Å². The van der Waals surface area contributed by atoms with Crippen molar-refractivity contribution >= 4 is 5.84 Å². The maximum absolute atomic E-state index is 9.64. The number of hydrogen-bond donors (Lipinski definition) is 3. The Hall–Kier alpha value is -0.810. The second kappa shape index (κ2) is 5.17. The molecule has 0 aromatic rings. The lowest BCUT2D eigenvalue weighted by atomic mass is 9.92. The number of hydrogen-bond acceptors (Lipinski definition) is 4. The van der Waals surface area contributed by atoms with E-state index in [1.807, 2.05) is 0 Å². The molecule has 5 heteroatoms. The minimum Gasteiger partial charge on any atom is -0.409 e. The van der Waals surface area contributed by atoms with E-state index in [2.05, 4.69) is 17.0 Å². The molecule has 0 aromatic carbocycles. The van der Waals surface area contributed by atoms with Gasteiger partial charge in [0.1, 0.15) is 0 Å². The minimum absolute atomic E-state index is 0.191. The Balaban J connectivity index is 2.42. The molecule has 1 fully saturated rings. The van der Waals surface area contributed by atoms with Crippen molar-refractivity contribution in [3.63, 3.8) is 0 Å². The first-order chi connectivity index (χ1) is 6.67. The van der Waals surface area contributed by atoms with Crippen molar-refractivity contribution < 1.29 is 10.3 Å². The highest BCUT2D eigenvalue weighted by atomic mass is 16.4. The molecule has 82 valence electrons. The molecule has 14 heavy (non-hydrogen) atoms. The van der Waals surface area contributed by atoms with Crippen LogP contribution in [0.15, 0.2) is 5.16 Å². The van der Waals surface area contributed by atoms with Gasteiger partial charge in [-0.15, -0.1) is 0 Å². The van der Waals surface area contributed by atoms with Crippen LogP contribution in [0.2, 0.25) is 0 Å². The van der Waals surface area contributed by atoms with Crippen molar-refractivity contribution in [2.45, 2.75) is 25.9 Å². The number of aliphatic hydroxyl groups excluding tert-OH is 1. The first-order valence-electron chi connectivity index (χ1n) is 5.04. The molecule has 5 nitrogen and oxygen atoms in total. The normalized spacial score (nSPS) is 30.6. The molecule has 0 saturated carbocycles. The predicted octanol–water partition coefficient (Wildman–Crippen LogP) is -0.174. The van der Waals surface area contributed by atoms with Gasteiger partial charge in [-0.05, 0) is 18.8 Å². The van der Waals surface area contributed by atoms with Crippen LogP contribution in [0.25, 0.3) is 0 Å². The van der Waals surface area contributed by atoms with E-state index in [0.29, 0.717) is 12.5 Å². The maximum atomic E-state index is 9.64. The van der Waals surface area contributed by atoms with Crippen LogP contribution in [0.4, 0.5) is 0 Å². The van der Waals surface area contributed by atoms with E-state index in [1.54, 1.807) is 0 Å². The molecule has 1 saturated heterocycles. The Morgan fingerprint density at radius 2 is 2.36 bits per heavy atom. The van der Waals surface area contributed by atoms with Crippen molar-refractivity contribution in [2.24, 2.45) is 16.8 Å². The summed E-state index contributed by atoms with van der Waals surface area (Å²) in [6.45, 7) is 4.20. The van der Waals surface area contributed by atoms with Crippen LogP contribution in [0.1, 0.15) is 19.8 Å². The molecule has 0 aromatic heterocycles. The molecule has 1 aliphatic heterocycles. The van der Waals surface area contributed by atoms with Gasteiger partial charge in [0, 0.05) is 13.1 Å². The average molecular weight is 201 g/mol. The zero-order valence-corrected chi connectivity index (χ0v) is 8.56.